The van der Waals surface area contributed by atoms with Crippen molar-refractivity contribution in [1.29, 1.82) is 0 Å². The molecule has 0 aromatic rings. The van der Waals surface area contributed by atoms with Gasteiger partial charge >= 0.3 is 7.60 Å². The molecule has 0 heterocycles. The van der Waals surface area contributed by atoms with Gasteiger partial charge in [0, 0.05) is 6.54 Å². The van der Waals surface area contributed by atoms with Crippen LogP contribution in [0.4, 0.5) is 0 Å². The summed E-state index contributed by atoms with van der Waals surface area (Å²) in [5.41, 5.74) is 0. The minimum absolute atomic E-state index is 0.0697. The Labute approximate surface area is 67.2 Å². The van der Waals surface area contributed by atoms with Crippen LogP contribution in [0.25, 0.3) is 0 Å². The zero-order valence-electron chi connectivity index (χ0n) is 6.95. The monoisotopic (exact) mass is 181 g/mol. The van der Waals surface area contributed by atoms with Crippen LogP contribution < -0.4 is 5.32 Å². The second kappa shape index (κ2) is 4.88. The Morgan fingerprint density at radius 2 is 2.00 bits per heavy atom. The summed E-state index contributed by atoms with van der Waals surface area (Å²) in [4.78, 5) is 16.9. The second-order valence-corrected chi connectivity index (χ2v) is 4.76. The molecule has 0 atom stereocenters. The van der Waals surface area contributed by atoms with E-state index in [-0.39, 0.29) is 6.16 Å². The molecule has 0 rings (SSSR count). The lowest BCUT2D eigenvalue weighted by Crippen LogP contribution is -2.22. The molecule has 0 aromatic heterocycles. The lowest BCUT2D eigenvalue weighted by atomic mass is 10.2. The van der Waals surface area contributed by atoms with Crippen molar-refractivity contribution >= 4 is 7.60 Å². The Morgan fingerprint density at radius 3 is 2.36 bits per heavy atom. The maximum atomic E-state index is 10.3. The first kappa shape index (κ1) is 11.1. The highest BCUT2D eigenvalue weighted by Gasteiger charge is 2.10. The first-order chi connectivity index (χ1) is 4.92. The molecule has 0 amide bonds. The zero-order valence-corrected chi connectivity index (χ0v) is 7.84. The minimum Gasteiger partial charge on any atom is -0.324 e. The molecule has 0 bridgehead atoms. The molecule has 0 radical (unpaired) electrons. The van der Waals surface area contributed by atoms with E-state index in [2.05, 4.69) is 5.32 Å². The lowest BCUT2D eigenvalue weighted by molar-refractivity contribution is 0.371. The molecule has 0 saturated heterocycles. The van der Waals surface area contributed by atoms with E-state index < -0.39 is 7.60 Å². The Morgan fingerprint density at radius 1 is 1.45 bits per heavy atom. The van der Waals surface area contributed by atoms with Gasteiger partial charge in [-0.05, 0) is 12.5 Å². The Hall–Kier alpha value is 0.110. The highest BCUT2D eigenvalue weighted by Crippen LogP contribution is 2.32. The van der Waals surface area contributed by atoms with Gasteiger partial charge in [-0.3, -0.25) is 4.57 Å². The third kappa shape index (κ3) is 10.1. The summed E-state index contributed by atoms with van der Waals surface area (Å²) in [6.07, 6.45) is -0.0697. The van der Waals surface area contributed by atoms with Gasteiger partial charge in [0.1, 0.15) is 0 Å². The van der Waals surface area contributed by atoms with Gasteiger partial charge in [-0.15, -0.1) is 0 Å². The average Bonchev–Trinajstić information content (AvgIpc) is 1.78. The largest absolute Gasteiger partial charge is 0.326 e. The van der Waals surface area contributed by atoms with Crippen LogP contribution in [0.5, 0.6) is 0 Å². The van der Waals surface area contributed by atoms with Crippen molar-refractivity contribution in [2.75, 3.05) is 19.3 Å². The van der Waals surface area contributed by atoms with Crippen LogP contribution in [0.3, 0.4) is 0 Å². The van der Waals surface area contributed by atoms with Crippen molar-refractivity contribution in [3.63, 3.8) is 0 Å². The molecule has 11 heavy (non-hydrogen) atoms. The van der Waals surface area contributed by atoms with E-state index >= 15 is 0 Å². The molecule has 0 aliphatic rings. The van der Waals surface area contributed by atoms with Gasteiger partial charge in [-0.1, -0.05) is 13.8 Å². The van der Waals surface area contributed by atoms with Crippen LogP contribution in [-0.2, 0) is 4.57 Å². The highest BCUT2D eigenvalue weighted by atomic mass is 31.2. The SMILES string of the molecule is CC(C)CNCCP(=O)(O)O. The highest BCUT2D eigenvalue weighted by molar-refractivity contribution is 7.51. The molecule has 0 saturated carbocycles. The Kier molecular flexibility index (Phi) is 4.93. The smallest absolute Gasteiger partial charge is 0.324 e. The fourth-order valence-corrected chi connectivity index (χ4v) is 1.06. The fourth-order valence-electron chi connectivity index (χ4n) is 0.615. The van der Waals surface area contributed by atoms with E-state index in [1.165, 1.54) is 0 Å². The number of hydrogen-bond donors (Lipinski definition) is 3. The Bertz CT molecular complexity index is 143. The summed E-state index contributed by atoms with van der Waals surface area (Å²) in [5.74, 6) is 0.520. The lowest BCUT2D eigenvalue weighted by Gasteiger charge is -2.07. The predicted octanol–water partition coefficient (Wildman–Crippen LogP) is 0.410. The first-order valence-electron chi connectivity index (χ1n) is 3.67. The predicted molar refractivity (Wildman–Crippen MR) is 44.6 cm³/mol. The topological polar surface area (TPSA) is 69.6 Å². The summed E-state index contributed by atoms with van der Waals surface area (Å²) in [7, 11) is -3.79. The number of hydrogen-bond acceptors (Lipinski definition) is 2. The molecule has 3 N–H and O–H groups in total. The maximum absolute atomic E-state index is 10.3. The quantitative estimate of drug-likeness (QED) is 0.424. The molecule has 68 valence electrons. The summed E-state index contributed by atoms with van der Waals surface area (Å²) in [5, 5.41) is 2.95. The van der Waals surface area contributed by atoms with Gasteiger partial charge in [0.25, 0.3) is 0 Å². The molecule has 0 aromatic carbocycles. The van der Waals surface area contributed by atoms with Crippen LogP contribution in [0.2, 0.25) is 0 Å². The summed E-state index contributed by atoms with van der Waals surface area (Å²) < 4.78 is 10.3. The van der Waals surface area contributed by atoms with E-state index in [1.807, 2.05) is 13.8 Å². The molecule has 4 nitrogen and oxygen atoms in total. The summed E-state index contributed by atoms with van der Waals surface area (Å²) in [6, 6.07) is 0. The average molecular weight is 181 g/mol. The standard InChI is InChI=1S/C6H16NO3P/c1-6(2)5-7-3-4-11(8,9)10/h6-7H,3-5H2,1-2H3,(H2,8,9,10). The molecular formula is C6H16NO3P. The van der Waals surface area contributed by atoms with Gasteiger partial charge in [0.2, 0.25) is 0 Å². The Balaban J connectivity index is 3.22. The van der Waals surface area contributed by atoms with Crippen LogP contribution in [0, 0.1) is 5.92 Å². The molecule has 0 aliphatic carbocycles. The van der Waals surface area contributed by atoms with Crippen molar-refractivity contribution in [2.24, 2.45) is 5.92 Å². The van der Waals surface area contributed by atoms with Crippen molar-refractivity contribution < 1.29 is 14.4 Å². The summed E-state index contributed by atoms with van der Waals surface area (Å²) in [6.45, 7) is 5.29. The van der Waals surface area contributed by atoms with Crippen LogP contribution in [0.15, 0.2) is 0 Å². The third-order valence-electron chi connectivity index (χ3n) is 1.13. The van der Waals surface area contributed by atoms with Gasteiger partial charge < -0.3 is 15.1 Å². The molecule has 0 spiro atoms. The fraction of sp³-hybridized carbons (Fsp3) is 1.00. The van der Waals surface area contributed by atoms with E-state index in [1.54, 1.807) is 0 Å². The second-order valence-electron chi connectivity index (χ2n) is 2.99. The molecule has 0 unspecified atom stereocenters. The number of nitrogens with one attached hydrogen (secondary N) is 1. The molecule has 0 aliphatic heterocycles. The first-order valence-corrected chi connectivity index (χ1v) is 5.47. The van der Waals surface area contributed by atoms with Crippen molar-refractivity contribution in [2.45, 2.75) is 13.8 Å². The number of rotatable bonds is 5. The molecule has 5 heteroatoms. The van der Waals surface area contributed by atoms with E-state index in [9.17, 15) is 4.57 Å². The molecule has 0 fully saturated rings. The summed E-state index contributed by atoms with van der Waals surface area (Å²) >= 11 is 0. The van der Waals surface area contributed by atoms with Crippen molar-refractivity contribution in [3.05, 3.63) is 0 Å². The molecular weight excluding hydrogens is 165 g/mol. The third-order valence-corrected chi connectivity index (χ3v) is 1.94. The maximum Gasteiger partial charge on any atom is 0.326 e. The van der Waals surface area contributed by atoms with E-state index in [4.69, 9.17) is 9.79 Å². The van der Waals surface area contributed by atoms with Gasteiger partial charge in [0.05, 0.1) is 6.16 Å². The van der Waals surface area contributed by atoms with Crippen molar-refractivity contribution in [3.8, 4) is 0 Å². The van der Waals surface area contributed by atoms with Gasteiger partial charge in [-0.25, -0.2) is 0 Å². The van der Waals surface area contributed by atoms with Crippen LogP contribution >= 0.6 is 7.60 Å². The van der Waals surface area contributed by atoms with Crippen LogP contribution in [0.1, 0.15) is 13.8 Å². The zero-order chi connectivity index (χ0) is 8.91. The normalized spacial score (nSPS) is 12.5. The van der Waals surface area contributed by atoms with E-state index in [0.717, 1.165) is 6.54 Å². The minimum atomic E-state index is -3.79. The van der Waals surface area contributed by atoms with E-state index in [0.29, 0.717) is 12.5 Å². The van der Waals surface area contributed by atoms with Gasteiger partial charge in [0.15, 0.2) is 0 Å². The van der Waals surface area contributed by atoms with Crippen LogP contribution in [-0.4, -0.2) is 29.0 Å². The van der Waals surface area contributed by atoms with Crippen molar-refractivity contribution in [1.82, 2.24) is 5.32 Å². The van der Waals surface area contributed by atoms with Gasteiger partial charge in [-0.2, -0.15) is 0 Å².